The van der Waals surface area contributed by atoms with Gasteiger partial charge in [-0.25, -0.2) is 9.97 Å². The molecule has 0 saturated carbocycles. The standard InChI is InChI=1S/C17H21N5O3S/c1-13(23)20-17-19-10-14(26-17)11-21-6-8-22(9-7-21)12-16(24)25-15-4-2-3-5-18-15/h2-5,10H,6-9,11-12H2,1H3,(H,19,20,23). The lowest BCUT2D eigenvalue weighted by Crippen LogP contribution is -2.47. The van der Waals surface area contributed by atoms with Gasteiger partial charge in [-0.15, -0.1) is 11.3 Å². The highest BCUT2D eigenvalue weighted by Crippen LogP contribution is 2.20. The third-order valence-electron chi connectivity index (χ3n) is 3.89. The summed E-state index contributed by atoms with van der Waals surface area (Å²) in [5.41, 5.74) is 0. The minimum atomic E-state index is -0.292. The van der Waals surface area contributed by atoms with Gasteiger partial charge in [0, 0.05) is 63.0 Å². The molecule has 0 unspecified atom stereocenters. The van der Waals surface area contributed by atoms with Crippen molar-refractivity contribution in [1.29, 1.82) is 0 Å². The first-order valence-corrected chi connectivity index (χ1v) is 9.19. The van der Waals surface area contributed by atoms with E-state index in [0.29, 0.717) is 11.0 Å². The fourth-order valence-corrected chi connectivity index (χ4v) is 3.55. The number of carbonyl (C=O) groups is 2. The molecule has 0 aliphatic carbocycles. The van der Waals surface area contributed by atoms with Crippen LogP contribution in [0.1, 0.15) is 11.8 Å². The number of amides is 1. The van der Waals surface area contributed by atoms with Crippen LogP contribution < -0.4 is 10.1 Å². The van der Waals surface area contributed by atoms with E-state index >= 15 is 0 Å². The average molecular weight is 375 g/mol. The largest absolute Gasteiger partial charge is 0.407 e. The number of nitrogens with zero attached hydrogens (tertiary/aromatic N) is 4. The fourth-order valence-electron chi connectivity index (χ4n) is 2.65. The zero-order valence-corrected chi connectivity index (χ0v) is 15.4. The van der Waals surface area contributed by atoms with E-state index in [-0.39, 0.29) is 18.4 Å². The van der Waals surface area contributed by atoms with E-state index in [1.54, 1.807) is 30.6 Å². The van der Waals surface area contributed by atoms with E-state index in [1.165, 1.54) is 18.3 Å². The lowest BCUT2D eigenvalue weighted by Gasteiger charge is -2.33. The number of hydrogen-bond donors (Lipinski definition) is 1. The zero-order valence-electron chi connectivity index (χ0n) is 14.6. The van der Waals surface area contributed by atoms with Gasteiger partial charge in [0.25, 0.3) is 0 Å². The van der Waals surface area contributed by atoms with Gasteiger partial charge < -0.3 is 10.1 Å². The molecule has 8 nitrogen and oxygen atoms in total. The summed E-state index contributed by atoms with van der Waals surface area (Å²) in [6.07, 6.45) is 3.39. The topological polar surface area (TPSA) is 87.7 Å². The van der Waals surface area contributed by atoms with Crippen LogP contribution in [-0.4, -0.2) is 64.4 Å². The number of thiazole rings is 1. The summed E-state index contributed by atoms with van der Waals surface area (Å²) < 4.78 is 5.23. The first kappa shape index (κ1) is 18.4. The number of esters is 1. The Hall–Kier alpha value is -2.36. The van der Waals surface area contributed by atoms with Gasteiger partial charge in [-0.2, -0.15) is 0 Å². The van der Waals surface area contributed by atoms with Crippen molar-refractivity contribution in [2.45, 2.75) is 13.5 Å². The molecule has 0 atom stereocenters. The molecule has 1 aliphatic rings. The fraction of sp³-hybridized carbons (Fsp3) is 0.412. The molecule has 26 heavy (non-hydrogen) atoms. The highest BCUT2D eigenvalue weighted by molar-refractivity contribution is 7.15. The molecule has 138 valence electrons. The van der Waals surface area contributed by atoms with Crippen molar-refractivity contribution in [3.05, 3.63) is 35.5 Å². The Bertz CT molecular complexity index is 744. The maximum Gasteiger partial charge on any atom is 0.326 e. The smallest absolute Gasteiger partial charge is 0.326 e. The predicted molar refractivity (Wildman–Crippen MR) is 98.0 cm³/mol. The van der Waals surface area contributed by atoms with Gasteiger partial charge in [-0.05, 0) is 6.07 Å². The van der Waals surface area contributed by atoms with Gasteiger partial charge in [0.05, 0.1) is 6.54 Å². The molecule has 3 rings (SSSR count). The second-order valence-corrected chi connectivity index (χ2v) is 7.12. The third-order valence-corrected chi connectivity index (χ3v) is 4.79. The quantitative estimate of drug-likeness (QED) is 0.760. The number of pyridine rings is 1. The molecule has 0 bridgehead atoms. The summed E-state index contributed by atoms with van der Waals surface area (Å²) in [5.74, 6) is -0.0760. The third kappa shape index (κ3) is 5.58. The van der Waals surface area contributed by atoms with Gasteiger partial charge >= 0.3 is 5.97 Å². The second-order valence-electron chi connectivity index (χ2n) is 6.01. The molecular weight excluding hydrogens is 354 g/mol. The Balaban J connectivity index is 1.40. The van der Waals surface area contributed by atoms with Crippen molar-refractivity contribution < 1.29 is 14.3 Å². The molecule has 3 heterocycles. The molecule has 0 spiro atoms. The first-order chi connectivity index (χ1) is 12.6. The molecule has 1 N–H and O–H groups in total. The normalized spacial score (nSPS) is 15.6. The number of hydrogen-bond acceptors (Lipinski definition) is 8. The van der Waals surface area contributed by atoms with Gasteiger partial charge in [0.15, 0.2) is 5.13 Å². The highest BCUT2D eigenvalue weighted by Gasteiger charge is 2.20. The van der Waals surface area contributed by atoms with Crippen molar-refractivity contribution in [3.8, 4) is 5.88 Å². The second kappa shape index (κ2) is 8.84. The van der Waals surface area contributed by atoms with E-state index in [9.17, 15) is 9.59 Å². The summed E-state index contributed by atoms with van der Waals surface area (Å²) in [4.78, 5) is 36.7. The van der Waals surface area contributed by atoms with Gasteiger partial charge in [-0.3, -0.25) is 19.4 Å². The summed E-state index contributed by atoms with van der Waals surface area (Å²) >= 11 is 1.49. The Morgan fingerprint density at radius 1 is 1.19 bits per heavy atom. The van der Waals surface area contributed by atoms with E-state index in [2.05, 4.69) is 25.1 Å². The number of anilines is 1. The molecule has 2 aromatic heterocycles. The number of aromatic nitrogens is 2. The van der Waals surface area contributed by atoms with E-state index in [0.717, 1.165) is 37.6 Å². The monoisotopic (exact) mass is 375 g/mol. The summed E-state index contributed by atoms with van der Waals surface area (Å²) in [6.45, 7) is 5.86. The van der Waals surface area contributed by atoms with Crippen LogP contribution in [0.25, 0.3) is 0 Å². The Morgan fingerprint density at radius 3 is 2.65 bits per heavy atom. The lowest BCUT2D eigenvalue weighted by atomic mass is 10.3. The van der Waals surface area contributed by atoms with Crippen LogP contribution in [0, 0.1) is 0 Å². The van der Waals surface area contributed by atoms with Gasteiger partial charge in [-0.1, -0.05) is 6.07 Å². The minimum absolute atomic E-state index is 0.114. The molecule has 1 amide bonds. The molecule has 1 fully saturated rings. The summed E-state index contributed by atoms with van der Waals surface area (Å²) in [6, 6.07) is 5.23. The maximum atomic E-state index is 12.0. The van der Waals surface area contributed by atoms with E-state index < -0.39 is 0 Å². The van der Waals surface area contributed by atoms with Crippen LogP contribution in [0.4, 0.5) is 5.13 Å². The predicted octanol–water partition coefficient (Wildman–Crippen LogP) is 1.22. The maximum absolute atomic E-state index is 12.0. The van der Waals surface area contributed by atoms with Crippen LogP contribution in [0.2, 0.25) is 0 Å². The van der Waals surface area contributed by atoms with Crippen molar-refractivity contribution in [2.75, 3.05) is 38.0 Å². The molecule has 1 saturated heterocycles. The summed E-state index contributed by atoms with van der Waals surface area (Å²) in [5, 5.41) is 3.32. The Labute approximate surface area is 155 Å². The number of piperazine rings is 1. The number of nitrogens with one attached hydrogen (secondary N) is 1. The number of carbonyl (C=O) groups excluding carboxylic acids is 2. The number of ether oxygens (including phenoxy) is 1. The summed E-state index contributed by atoms with van der Waals surface area (Å²) in [7, 11) is 0. The van der Waals surface area contributed by atoms with Crippen molar-refractivity contribution in [3.63, 3.8) is 0 Å². The zero-order chi connectivity index (χ0) is 18.4. The van der Waals surface area contributed by atoms with Crippen LogP contribution in [0.5, 0.6) is 5.88 Å². The molecule has 0 aromatic carbocycles. The van der Waals surface area contributed by atoms with Crippen LogP contribution in [-0.2, 0) is 16.1 Å². The molecule has 9 heteroatoms. The molecule has 0 radical (unpaired) electrons. The first-order valence-electron chi connectivity index (χ1n) is 8.37. The number of rotatable bonds is 6. The Kier molecular flexibility index (Phi) is 6.26. The van der Waals surface area contributed by atoms with Gasteiger partial charge in [0.1, 0.15) is 0 Å². The van der Waals surface area contributed by atoms with Crippen LogP contribution >= 0.6 is 11.3 Å². The van der Waals surface area contributed by atoms with Crippen LogP contribution in [0.15, 0.2) is 30.6 Å². The van der Waals surface area contributed by atoms with Crippen molar-refractivity contribution in [2.24, 2.45) is 0 Å². The van der Waals surface area contributed by atoms with E-state index in [4.69, 9.17) is 4.74 Å². The van der Waals surface area contributed by atoms with Gasteiger partial charge in [0.2, 0.25) is 11.8 Å². The molecule has 2 aromatic rings. The average Bonchev–Trinajstić information content (AvgIpc) is 3.03. The minimum Gasteiger partial charge on any atom is -0.407 e. The molecular formula is C17H21N5O3S. The highest BCUT2D eigenvalue weighted by atomic mass is 32.1. The SMILES string of the molecule is CC(=O)Nc1ncc(CN2CCN(CC(=O)Oc3ccccn3)CC2)s1. The Morgan fingerprint density at radius 2 is 1.96 bits per heavy atom. The van der Waals surface area contributed by atoms with Crippen LogP contribution in [0.3, 0.4) is 0 Å². The van der Waals surface area contributed by atoms with Crippen molar-refractivity contribution >= 4 is 28.3 Å². The van der Waals surface area contributed by atoms with E-state index in [1.807, 2.05) is 0 Å². The molecule has 1 aliphatic heterocycles. The lowest BCUT2D eigenvalue weighted by molar-refractivity contribution is -0.136. The van der Waals surface area contributed by atoms with Crippen molar-refractivity contribution in [1.82, 2.24) is 19.8 Å².